The molecule has 0 spiro atoms. The molecule has 164 valence electrons. The van der Waals surface area contributed by atoms with Gasteiger partial charge in [0, 0.05) is 31.2 Å². The molecule has 2 heterocycles. The summed E-state index contributed by atoms with van der Waals surface area (Å²) in [5, 5.41) is 3.71. The quantitative estimate of drug-likeness (QED) is 0.767. The van der Waals surface area contributed by atoms with Gasteiger partial charge in [0.05, 0.1) is 25.2 Å². The third kappa shape index (κ3) is 5.02. The van der Waals surface area contributed by atoms with Gasteiger partial charge in [0.25, 0.3) is 0 Å². The maximum Gasteiger partial charge on any atom is 0.317 e. The van der Waals surface area contributed by atoms with Crippen molar-refractivity contribution in [3.05, 3.63) is 70.7 Å². The summed E-state index contributed by atoms with van der Waals surface area (Å²) in [6, 6.07) is 17.1. The number of rotatable bonds is 5. The lowest BCUT2D eigenvalue weighted by Gasteiger charge is -2.31. The molecular formula is C24H28ClN3O3. The Morgan fingerprint density at radius 3 is 2.48 bits per heavy atom. The first-order valence-electron chi connectivity index (χ1n) is 10.9. The molecule has 6 nitrogen and oxygen atoms in total. The zero-order valence-electron chi connectivity index (χ0n) is 17.5. The fourth-order valence-corrected chi connectivity index (χ4v) is 4.67. The van der Waals surface area contributed by atoms with E-state index in [4.69, 9.17) is 16.3 Å². The summed E-state index contributed by atoms with van der Waals surface area (Å²) >= 11 is 6.39. The van der Waals surface area contributed by atoms with Gasteiger partial charge in [-0.3, -0.25) is 4.79 Å². The molecule has 0 aromatic heterocycles. The topological polar surface area (TPSA) is 61.9 Å². The van der Waals surface area contributed by atoms with E-state index in [1.165, 1.54) is 0 Å². The van der Waals surface area contributed by atoms with E-state index in [9.17, 15) is 9.59 Å². The van der Waals surface area contributed by atoms with Gasteiger partial charge in [-0.2, -0.15) is 0 Å². The first-order valence-corrected chi connectivity index (χ1v) is 11.2. The monoisotopic (exact) mass is 441 g/mol. The van der Waals surface area contributed by atoms with E-state index in [-0.39, 0.29) is 24.5 Å². The second kappa shape index (κ2) is 10.2. The molecule has 2 atom stereocenters. The Hall–Kier alpha value is -2.57. The zero-order chi connectivity index (χ0) is 21.6. The number of nitrogens with one attached hydrogen (secondary N) is 1. The SMILES string of the molecule is O=C(C(CNC(=O)N1CCCC1c1ccccc1Cl)c1ccccc1)N1CCOCC1. The van der Waals surface area contributed by atoms with Crippen LogP contribution >= 0.6 is 11.6 Å². The van der Waals surface area contributed by atoms with Gasteiger partial charge in [0.2, 0.25) is 5.91 Å². The molecule has 31 heavy (non-hydrogen) atoms. The lowest BCUT2D eigenvalue weighted by molar-refractivity contribution is -0.136. The predicted molar refractivity (Wildman–Crippen MR) is 120 cm³/mol. The number of urea groups is 1. The van der Waals surface area contributed by atoms with E-state index in [1.54, 1.807) is 0 Å². The average molecular weight is 442 g/mol. The van der Waals surface area contributed by atoms with Crippen LogP contribution < -0.4 is 5.32 Å². The number of hydrogen-bond donors (Lipinski definition) is 1. The standard InChI is InChI=1S/C24H28ClN3O3/c25-21-10-5-4-9-19(21)22-11-6-12-28(22)24(30)26-17-20(18-7-2-1-3-8-18)23(29)27-13-15-31-16-14-27/h1-5,7-10,20,22H,6,11-17H2,(H,26,30). The number of carbonyl (C=O) groups excluding carboxylic acids is 2. The number of benzene rings is 2. The van der Waals surface area contributed by atoms with Crippen molar-refractivity contribution in [1.82, 2.24) is 15.1 Å². The number of morpholine rings is 1. The first kappa shape index (κ1) is 21.7. The highest BCUT2D eigenvalue weighted by Crippen LogP contribution is 2.35. The molecule has 1 N–H and O–H groups in total. The number of carbonyl (C=O) groups is 2. The third-order valence-electron chi connectivity index (χ3n) is 6.06. The second-order valence-electron chi connectivity index (χ2n) is 7.96. The maximum absolute atomic E-state index is 13.3. The Kier molecular flexibility index (Phi) is 7.10. The van der Waals surface area contributed by atoms with E-state index < -0.39 is 5.92 Å². The normalized spacial score (nSPS) is 19.8. The van der Waals surface area contributed by atoms with Gasteiger partial charge < -0.3 is 19.9 Å². The van der Waals surface area contributed by atoms with Gasteiger partial charge in [-0.15, -0.1) is 0 Å². The fraction of sp³-hybridized carbons (Fsp3) is 0.417. The Morgan fingerprint density at radius 2 is 1.74 bits per heavy atom. The molecule has 2 aliphatic rings. The highest BCUT2D eigenvalue weighted by Gasteiger charge is 2.33. The molecule has 0 bridgehead atoms. The van der Waals surface area contributed by atoms with Crippen LogP contribution in [-0.2, 0) is 9.53 Å². The number of amides is 3. The lowest BCUT2D eigenvalue weighted by Crippen LogP contribution is -2.47. The summed E-state index contributed by atoms with van der Waals surface area (Å²) in [7, 11) is 0. The Balaban J connectivity index is 1.47. The van der Waals surface area contributed by atoms with Crippen LogP contribution in [0.5, 0.6) is 0 Å². The van der Waals surface area contributed by atoms with Crippen molar-refractivity contribution in [3.63, 3.8) is 0 Å². The summed E-state index contributed by atoms with van der Waals surface area (Å²) in [5.74, 6) is -0.400. The van der Waals surface area contributed by atoms with Gasteiger partial charge in [0.15, 0.2) is 0 Å². The minimum absolute atomic E-state index is 0.0267. The van der Waals surface area contributed by atoms with Gasteiger partial charge in [-0.1, -0.05) is 60.1 Å². The van der Waals surface area contributed by atoms with E-state index >= 15 is 0 Å². The number of nitrogens with zero attached hydrogens (tertiary/aromatic N) is 2. The number of likely N-dealkylation sites (tertiary alicyclic amines) is 1. The van der Waals surface area contributed by atoms with Crippen molar-refractivity contribution in [3.8, 4) is 0 Å². The summed E-state index contributed by atoms with van der Waals surface area (Å²) < 4.78 is 5.38. The number of halogens is 1. The summed E-state index contributed by atoms with van der Waals surface area (Å²) in [5.41, 5.74) is 1.88. The molecule has 2 unspecified atom stereocenters. The average Bonchev–Trinajstić information content (AvgIpc) is 3.30. The van der Waals surface area contributed by atoms with Crippen LogP contribution in [0.15, 0.2) is 54.6 Å². The Labute approximate surface area is 188 Å². The summed E-state index contributed by atoms with van der Waals surface area (Å²) in [4.78, 5) is 30.0. The van der Waals surface area contributed by atoms with Crippen LogP contribution in [0.3, 0.4) is 0 Å². The van der Waals surface area contributed by atoms with Crippen LogP contribution in [0, 0.1) is 0 Å². The summed E-state index contributed by atoms with van der Waals surface area (Å²) in [6.45, 7) is 3.19. The van der Waals surface area contributed by atoms with E-state index in [1.807, 2.05) is 64.4 Å². The molecule has 4 rings (SSSR count). The third-order valence-corrected chi connectivity index (χ3v) is 6.40. The predicted octanol–water partition coefficient (Wildman–Crippen LogP) is 3.83. The van der Waals surface area contributed by atoms with Crippen molar-refractivity contribution in [2.45, 2.75) is 24.8 Å². The van der Waals surface area contributed by atoms with Gasteiger partial charge >= 0.3 is 6.03 Å². The van der Waals surface area contributed by atoms with Crippen molar-refractivity contribution in [2.75, 3.05) is 39.4 Å². The summed E-state index contributed by atoms with van der Waals surface area (Å²) in [6.07, 6.45) is 1.81. The first-order chi connectivity index (χ1) is 15.1. The van der Waals surface area contributed by atoms with Crippen LogP contribution in [0.1, 0.15) is 35.9 Å². The van der Waals surface area contributed by atoms with Crippen molar-refractivity contribution in [2.24, 2.45) is 0 Å². The van der Waals surface area contributed by atoms with Crippen molar-refractivity contribution in [1.29, 1.82) is 0 Å². The highest BCUT2D eigenvalue weighted by molar-refractivity contribution is 6.31. The molecule has 2 aliphatic heterocycles. The van der Waals surface area contributed by atoms with Crippen LogP contribution in [0.25, 0.3) is 0 Å². The molecule has 3 amide bonds. The van der Waals surface area contributed by atoms with E-state index in [0.29, 0.717) is 37.9 Å². The van der Waals surface area contributed by atoms with E-state index in [0.717, 1.165) is 24.0 Å². The van der Waals surface area contributed by atoms with Crippen LogP contribution in [0.2, 0.25) is 5.02 Å². The van der Waals surface area contributed by atoms with Gasteiger partial charge in [0.1, 0.15) is 0 Å². The highest BCUT2D eigenvalue weighted by atomic mass is 35.5. The number of ether oxygens (including phenoxy) is 1. The van der Waals surface area contributed by atoms with Gasteiger partial charge in [-0.25, -0.2) is 4.79 Å². The molecule has 2 aromatic carbocycles. The minimum Gasteiger partial charge on any atom is -0.378 e. The molecule has 7 heteroatoms. The van der Waals surface area contributed by atoms with Crippen molar-refractivity contribution >= 4 is 23.5 Å². The second-order valence-corrected chi connectivity index (χ2v) is 8.37. The molecule has 2 saturated heterocycles. The molecule has 0 radical (unpaired) electrons. The largest absolute Gasteiger partial charge is 0.378 e. The lowest BCUT2D eigenvalue weighted by atomic mass is 9.97. The molecule has 2 fully saturated rings. The number of hydrogen-bond acceptors (Lipinski definition) is 3. The van der Waals surface area contributed by atoms with Crippen LogP contribution in [0.4, 0.5) is 4.79 Å². The minimum atomic E-state index is -0.426. The Morgan fingerprint density at radius 1 is 1.03 bits per heavy atom. The molecule has 0 saturated carbocycles. The molecule has 2 aromatic rings. The zero-order valence-corrected chi connectivity index (χ0v) is 18.3. The fourth-order valence-electron chi connectivity index (χ4n) is 4.41. The Bertz CT molecular complexity index is 902. The smallest absolute Gasteiger partial charge is 0.317 e. The van der Waals surface area contributed by atoms with Crippen molar-refractivity contribution < 1.29 is 14.3 Å². The molecule has 0 aliphatic carbocycles. The molecular weight excluding hydrogens is 414 g/mol. The van der Waals surface area contributed by atoms with E-state index in [2.05, 4.69) is 5.32 Å². The van der Waals surface area contributed by atoms with Gasteiger partial charge in [-0.05, 0) is 30.0 Å². The maximum atomic E-state index is 13.3. The van der Waals surface area contributed by atoms with Crippen LogP contribution in [-0.4, -0.2) is 61.1 Å².